The quantitative estimate of drug-likeness (QED) is 0.554. The molecule has 6 nitrogen and oxygen atoms in total. The Morgan fingerprint density at radius 3 is 2.53 bits per heavy atom. The summed E-state index contributed by atoms with van der Waals surface area (Å²) >= 11 is 0. The standard InChI is InChI=1S/C22H28N4O2.2ClH/c1-2-28-21-10-6-3-7-18(21)17-23-22-24-19-8-4-5-9-20(19)26(22)12-11-25-13-15-27-16-14-25;;/h3-10H,2,11-17H2,1H3,(H,23,24);2*1H. The van der Waals surface area contributed by atoms with Crippen LogP contribution in [0.1, 0.15) is 12.5 Å². The predicted molar refractivity (Wildman–Crippen MR) is 126 cm³/mol. The van der Waals surface area contributed by atoms with E-state index in [1.165, 1.54) is 0 Å². The van der Waals surface area contributed by atoms with Gasteiger partial charge < -0.3 is 19.4 Å². The molecule has 164 valence electrons. The highest BCUT2D eigenvalue weighted by molar-refractivity contribution is 5.85. The summed E-state index contributed by atoms with van der Waals surface area (Å²) in [4.78, 5) is 7.29. The van der Waals surface area contributed by atoms with Gasteiger partial charge in [-0.25, -0.2) is 4.98 Å². The number of para-hydroxylation sites is 3. The number of anilines is 1. The average molecular weight is 453 g/mol. The minimum Gasteiger partial charge on any atom is -0.494 e. The fourth-order valence-electron chi connectivity index (χ4n) is 3.62. The monoisotopic (exact) mass is 452 g/mol. The van der Waals surface area contributed by atoms with Gasteiger partial charge in [-0.05, 0) is 25.1 Å². The number of benzene rings is 2. The van der Waals surface area contributed by atoms with E-state index in [1.807, 2.05) is 31.2 Å². The van der Waals surface area contributed by atoms with Gasteiger partial charge in [0.25, 0.3) is 0 Å². The maximum absolute atomic E-state index is 5.76. The van der Waals surface area contributed by atoms with Crippen molar-refractivity contribution in [1.29, 1.82) is 0 Å². The summed E-state index contributed by atoms with van der Waals surface area (Å²) in [7, 11) is 0. The molecule has 0 atom stereocenters. The van der Waals surface area contributed by atoms with E-state index in [2.05, 4.69) is 39.0 Å². The molecule has 8 heteroatoms. The lowest BCUT2D eigenvalue weighted by molar-refractivity contribution is 0.0366. The van der Waals surface area contributed by atoms with Crippen LogP contribution in [-0.2, 0) is 17.8 Å². The van der Waals surface area contributed by atoms with Crippen LogP contribution in [-0.4, -0.2) is 53.9 Å². The van der Waals surface area contributed by atoms with E-state index < -0.39 is 0 Å². The Balaban J connectivity index is 0.00000160. The Bertz CT molecular complexity index is 913. The summed E-state index contributed by atoms with van der Waals surface area (Å²) in [5, 5.41) is 3.53. The van der Waals surface area contributed by atoms with Crippen LogP contribution in [0.5, 0.6) is 5.75 Å². The van der Waals surface area contributed by atoms with E-state index in [4.69, 9.17) is 14.5 Å². The first-order valence-corrected chi connectivity index (χ1v) is 10.0. The molecular formula is C22H30Cl2N4O2. The highest BCUT2D eigenvalue weighted by Crippen LogP contribution is 2.23. The van der Waals surface area contributed by atoms with Gasteiger partial charge in [0.1, 0.15) is 5.75 Å². The zero-order chi connectivity index (χ0) is 19.2. The molecule has 30 heavy (non-hydrogen) atoms. The van der Waals surface area contributed by atoms with Crippen LogP contribution in [0.15, 0.2) is 48.5 Å². The molecule has 0 saturated carbocycles. The lowest BCUT2D eigenvalue weighted by atomic mass is 10.2. The Labute approximate surface area is 190 Å². The molecule has 1 aromatic heterocycles. The first kappa shape index (κ1) is 24.3. The van der Waals surface area contributed by atoms with Crippen molar-refractivity contribution < 1.29 is 9.47 Å². The molecule has 1 aliphatic heterocycles. The van der Waals surface area contributed by atoms with Crippen LogP contribution in [0.3, 0.4) is 0 Å². The van der Waals surface area contributed by atoms with Gasteiger partial charge in [-0.1, -0.05) is 30.3 Å². The molecule has 1 N–H and O–H groups in total. The molecule has 2 aromatic carbocycles. The lowest BCUT2D eigenvalue weighted by Gasteiger charge is -2.27. The minimum atomic E-state index is 0. The molecule has 2 heterocycles. The van der Waals surface area contributed by atoms with Gasteiger partial charge in [-0.3, -0.25) is 4.90 Å². The van der Waals surface area contributed by atoms with Crippen molar-refractivity contribution in [2.75, 3.05) is 44.8 Å². The number of imidazole rings is 1. The molecule has 0 aliphatic carbocycles. The van der Waals surface area contributed by atoms with Crippen molar-refractivity contribution in [3.8, 4) is 5.75 Å². The Morgan fingerprint density at radius 2 is 1.73 bits per heavy atom. The van der Waals surface area contributed by atoms with Crippen molar-refractivity contribution in [2.24, 2.45) is 0 Å². The zero-order valence-electron chi connectivity index (χ0n) is 17.3. The van der Waals surface area contributed by atoms with Crippen molar-refractivity contribution in [1.82, 2.24) is 14.5 Å². The fraction of sp³-hybridized carbons (Fsp3) is 0.409. The van der Waals surface area contributed by atoms with Crippen molar-refractivity contribution >= 4 is 41.8 Å². The molecule has 1 saturated heterocycles. The predicted octanol–water partition coefficient (Wildman–Crippen LogP) is 4.22. The van der Waals surface area contributed by atoms with Gasteiger partial charge in [0.05, 0.1) is 30.9 Å². The van der Waals surface area contributed by atoms with E-state index in [0.29, 0.717) is 13.2 Å². The largest absolute Gasteiger partial charge is 0.494 e. The number of ether oxygens (including phenoxy) is 2. The number of nitrogens with one attached hydrogen (secondary N) is 1. The number of hydrogen-bond donors (Lipinski definition) is 1. The number of nitrogens with zero attached hydrogens (tertiary/aromatic N) is 3. The summed E-state index contributed by atoms with van der Waals surface area (Å²) in [5.41, 5.74) is 3.32. The molecule has 0 spiro atoms. The normalized spacial score (nSPS) is 14.0. The Hall–Kier alpha value is -1.99. The van der Waals surface area contributed by atoms with Crippen LogP contribution in [0, 0.1) is 0 Å². The third-order valence-corrected chi connectivity index (χ3v) is 5.11. The maximum Gasteiger partial charge on any atom is 0.204 e. The van der Waals surface area contributed by atoms with E-state index >= 15 is 0 Å². The zero-order valence-corrected chi connectivity index (χ0v) is 18.9. The lowest BCUT2D eigenvalue weighted by Crippen LogP contribution is -2.38. The Kier molecular flexibility index (Phi) is 9.72. The van der Waals surface area contributed by atoms with E-state index in [1.54, 1.807) is 0 Å². The van der Waals surface area contributed by atoms with Gasteiger partial charge in [0.2, 0.25) is 5.95 Å². The number of hydrogen-bond acceptors (Lipinski definition) is 5. The second-order valence-corrected chi connectivity index (χ2v) is 6.92. The minimum absolute atomic E-state index is 0. The van der Waals surface area contributed by atoms with E-state index in [-0.39, 0.29) is 24.8 Å². The summed E-state index contributed by atoms with van der Waals surface area (Å²) in [6, 6.07) is 16.5. The molecule has 4 rings (SSSR count). The maximum atomic E-state index is 5.76. The summed E-state index contributed by atoms with van der Waals surface area (Å²) in [5.74, 6) is 1.83. The number of rotatable bonds is 8. The second kappa shape index (κ2) is 12.0. The molecule has 1 aliphatic rings. The third-order valence-electron chi connectivity index (χ3n) is 5.11. The molecule has 0 radical (unpaired) electrons. The molecule has 1 fully saturated rings. The van der Waals surface area contributed by atoms with Crippen LogP contribution in [0.2, 0.25) is 0 Å². The summed E-state index contributed by atoms with van der Waals surface area (Å²) < 4.78 is 13.5. The molecular weight excluding hydrogens is 423 g/mol. The molecule has 0 amide bonds. The SMILES string of the molecule is CCOc1ccccc1CNc1nc2ccccc2n1CCN1CCOCC1.Cl.Cl. The Morgan fingerprint density at radius 1 is 1.00 bits per heavy atom. The van der Waals surface area contributed by atoms with Crippen LogP contribution in [0.4, 0.5) is 5.95 Å². The van der Waals surface area contributed by atoms with Crippen LogP contribution >= 0.6 is 24.8 Å². The average Bonchev–Trinajstić information content (AvgIpc) is 3.10. The van der Waals surface area contributed by atoms with E-state index in [9.17, 15) is 0 Å². The second-order valence-electron chi connectivity index (χ2n) is 6.92. The van der Waals surface area contributed by atoms with Gasteiger partial charge in [0, 0.05) is 38.3 Å². The number of morpholine rings is 1. The van der Waals surface area contributed by atoms with Gasteiger partial charge in [-0.15, -0.1) is 24.8 Å². The number of halogens is 2. The molecule has 0 unspecified atom stereocenters. The van der Waals surface area contributed by atoms with Crippen LogP contribution < -0.4 is 10.1 Å². The fourth-order valence-corrected chi connectivity index (χ4v) is 3.62. The smallest absolute Gasteiger partial charge is 0.204 e. The number of aromatic nitrogens is 2. The number of fused-ring (bicyclic) bond motifs is 1. The third kappa shape index (κ3) is 5.79. The highest BCUT2D eigenvalue weighted by Gasteiger charge is 2.14. The molecule has 0 bridgehead atoms. The first-order chi connectivity index (χ1) is 13.8. The van der Waals surface area contributed by atoms with Gasteiger partial charge in [-0.2, -0.15) is 0 Å². The van der Waals surface area contributed by atoms with E-state index in [0.717, 1.165) is 67.7 Å². The van der Waals surface area contributed by atoms with Crippen molar-refractivity contribution in [2.45, 2.75) is 20.0 Å². The summed E-state index contributed by atoms with van der Waals surface area (Å²) in [6.07, 6.45) is 0. The topological polar surface area (TPSA) is 51.5 Å². The first-order valence-electron chi connectivity index (χ1n) is 10.0. The van der Waals surface area contributed by atoms with Crippen molar-refractivity contribution in [3.63, 3.8) is 0 Å². The van der Waals surface area contributed by atoms with Crippen LogP contribution in [0.25, 0.3) is 11.0 Å². The highest BCUT2D eigenvalue weighted by atomic mass is 35.5. The summed E-state index contributed by atoms with van der Waals surface area (Å²) in [6.45, 7) is 8.88. The molecule has 3 aromatic rings. The van der Waals surface area contributed by atoms with Crippen molar-refractivity contribution in [3.05, 3.63) is 54.1 Å². The van der Waals surface area contributed by atoms with Gasteiger partial charge >= 0.3 is 0 Å². The van der Waals surface area contributed by atoms with Gasteiger partial charge in [0.15, 0.2) is 0 Å².